The molecule has 0 radical (unpaired) electrons. The van der Waals surface area contributed by atoms with Gasteiger partial charge in [-0.3, -0.25) is 28.8 Å². The highest BCUT2D eigenvalue weighted by atomic mass is 16.4. The summed E-state index contributed by atoms with van der Waals surface area (Å²) in [5, 5.41) is 19.1. The highest BCUT2D eigenvalue weighted by Gasteiger charge is 2.31. The van der Waals surface area contributed by atoms with E-state index in [2.05, 4.69) is 21.3 Å². The van der Waals surface area contributed by atoms with Crippen LogP contribution in [0, 0.1) is 0 Å². The van der Waals surface area contributed by atoms with Gasteiger partial charge < -0.3 is 43.6 Å². The first-order valence-corrected chi connectivity index (χ1v) is 13.6. The second-order valence-electron chi connectivity index (χ2n) is 10.1. The Morgan fingerprint density at radius 3 is 1.45 bits per heavy atom. The molecule has 0 saturated carbocycles. The first kappa shape index (κ1) is 34.9. The van der Waals surface area contributed by atoms with Crippen LogP contribution in [0.1, 0.15) is 30.9 Å². The second-order valence-corrected chi connectivity index (χ2v) is 10.1. The molecule has 0 unspecified atom stereocenters. The summed E-state index contributed by atoms with van der Waals surface area (Å²) in [7, 11) is 0. The minimum Gasteiger partial charge on any atom is -0.480 e. The number of nitrogens with one attached hydrogen (secondary N) is 4. The first-order chi connectivity index (χ1) is 20.8. The van der Waals surface area contributed by atoms with E-state index in [1.807, 2.05) is 0 Å². The van der Waals surface area contributed by atoms with Crippen LogP contribution in [0.3, 0.4) is 0 Å². The third-order valence-electron chi connectivity index (χ3n) is 6.36. The number of benzene rings is 2. The summed E-state index contributed by atoms with van der Waals surface area (Å²) in [6.45, 7) is 1.35. The molecular formula is C29H37N7O8. The number of hydrogen-bond acceptors (Lipinski definition) is 8. The van der Waals surface area contributed by atoms with Gasteiger partial charge in [-0.2, -0.15) is 0 Å². The van der Waals surface area contributed by atoms with Gasteiger partial charge in [0.05, 0.1) is 18.9 Å². The van der Waals surface area contributed by atoms with Gasteiger partial charge in [-0.05, 0) is 18.1 Å². The topological polar surface area (TPSA) is 266 Å². The highest BCUT2D eigenvalue weighted by Crippen LogP contribution is 2.07. The third-order valence-corrected chi connectivity index (χ3v) is 6.36. The lowest BCUT2D eigenvalue weighted by Gasteiger charge is -2.25. The van der Waals surface area contributed by atoms with Gasteiger partial charge in [0.25, 0.3) is 0 Å². The van der Waals surface area contributed by atoms with Gasteiger partial charge in [-0.1, -0.05) is 60.7 Å². The van der Waals surface area contributed by atoms with Crippen LogP contribution in [0.25, 0.3) is 0 Å². The molecule has 15 nitrogen and oxygen atoms in total. The maximum atomic E-state index is 13.2. The summed E-state index contributed by atoms with van der Waals surface area (Å²) in [6, 6.07) is 10.5. The molecule has 0 bridgehead atoms. The number of primary amides is 2. The maximum Gasteiger partial charge on any atom is 0.326 e. The average molecular weight is 612 g/mol. The minimum atomic E-state index is -1.63. The van der Waals surface area contributed by atoms with E-state index in [4.69, 9.17) is 17.2 Å². The number of nitrogens with two attached hydrogens (primary N) is 3. The molecule has 44 heavy (non-hydrogen) atoms. The fraction of sp³-hybridized carbons (Fsp3) is 0.345. The van der Waals surface area contributed by atoms with Gasteiger partial charge in [-0.15, -0.1) is 0 Å². The Hall–Kier alpha value is -5.31. The van der Waals surface area contributed by atoms with Crippen molar-refractivity contribution in [3.8, 4) is 0 Å². The van der Waals surface area contributed by atoms with Crippen molar-refractivity contribution in [1.29, 1.82) is 0 Å². The van der Waals surface area contributed by atoms with E-state index in [0.29, 0.717) is 11.1 Å². The molecule has 0 spiro atoms. The summed E-state index contributed by atoms with van der Waals surface area (Å²) < 4.78 is 0. The number of carbonyl (C=O) groups is 7. The highest BCUT2D eigenvalue weighted by molar-refractivity contribution is 5.96. The molecule has 6 amide bonds. The second kappa shape index (κ2) is 17.0. The molecular weight excluding hydrogens is 574 g/mol. The lowest BCUT2D eigenvalue weighted by Crippen LogP contribution is -2.58. The predicted octanol–water partition coefficient (Wildman–Crippen LogP) is -2.41. The Morgan fingerprint density at radius 2 is 1.02 bits per heavy atom. The van der Waals surface area contributed by atoms with Gasteiger partial charge >= 0.3 is 5.97 Å². The van der Waals surface area contributed by atoms with E-state index in [0.717, 1.165) is 0 Å². The maximum absolute atomic E-state index is 13.2. The first-order valence-electron chi connectivity index (χ1n) is 13.6. The van der Waals surface area contributed by atoms with Crippen molar-refractivity contribution in [3.05, 3.63) is 71.8 Å². The van der Waals surface area contributed by atoms with Crippen molar-refractivity contribution in [2.75, 3.05) is 0 Å². The lowest BCUT2D eigenvalue weighted by atomic mass is 10.0. The van der Waals surface area contributed by atoms with Gasteiger partial charge in [0.15, 0.2) is 0 Å². The van der Waals surface area contributed by atoms with Gasteiger partial charge in [0.1, 0.15) is 24.2 Å². The number of carbonyl (C=O) groups excluding carboxylic acids is 6. The largest absolute Gasteiger partial charge is 0.480 e. The van der Waals surface area contributed by atoms with E-state index in [9.17, 15) is 38.7 Å². The van der Waals surface area contributed by atoms with Crippen molar-refractivity contribution in [2.45, 2.75) is 62.8 Å². The van der Waals surface area contributed by atoms with Gasteiger partial charge in [0.2, 0.25) is 35.4 Å². The fourth-order valence-corrected chi connectivity index (χ4v) is 4.06. The third kappa shape index (κ3) is 11.9. The zero-order valence-corrected chi connectivity index (χ0v) is 24.0. The summed E-state index contributed by atoms with van der Waals surface area (Å²) in [5.74, 6) is -6.51. The number of carboxylic acid groups (broad SMARTS) is 1. The average Bonchev–Trinajstić information content (AvgIpc) is 2.96. The summed E-state index contributed by atoms with van der Waals surface area (Å²) in [6.07, 6.45) is -1.15. The Bertz CT molecular complexity index is 1340. The minimum absolute atomic E-state index is 0.0194. The van der Waals surface area contributed by atoms with Crippen molar-refractivity contribution in [1.82, 2.24) is 21.3 Å². The van der Waals surface area contributed by atoms with Crippen molar-refractivity contribution in [3.63, 3.8) is 0 Å². The molecule has 11 N–H and O–H groups in total. The Morgan fingerprint density at radius 1 is 0.614 bits per heavy atom. The van der Waals surface area contributed by atoms with E-state index in [1.165, 1.54) is 6.92 Å². The fourth-order valence-electron chi connectivity index (χ4n) is 4.06. The molecule has 0 aromatic heterocycles. The number of amides is 6. The van der Waals surface area contributed by atoms with Crippen LogP contribution in [-0.2, 0) is 46.4 Å². The summed E-state index contributed by atoms with van der Waals surface area (Å²) >= 11 is 0. The lowest BCUT2D eigenvalue weighted by molar-refractivity contribution is -0.143. The zero-order chi connectivity index (χ0) is 32.8. The molecule has 0 aliphatic rings. The van der Waals surface area contributed by atoms with Crippen LogP contribution in [0.2, 0.25) is 0 Å². The van der Waals surface area contributed by atoms with Crippen LogP contribution in [0.15, 0.2) is 60.7 Å². The summed E-state index contributed by atoms with van der Waals surface area (Å²) in [5.41, 5.74) is 17.2. The number of hydrogen-bond donors (Lipinski definition) is 8. The smallest absolute Gasteiger partial charge is 0.326 e. The molecule has 5 atom stereocenters. The van der Waals surface area contributed by atoms with Crippen LogP contribution < -0.4 is 38.5 Å². The molecule has 0 saturated heterocycles. The molecule has 0 fully saturated rings. The Balaban J connectivity index is 2.20. The molecule has 0 aliphatic heterocycles. The van der Waals surface area contributed by atoms with Gasteiger partial charge in [-0.25, -0.2) is 4.79 Å². The van der Waals surface area contributed by atoms with E-state index in [-0.39, 0.29) is 12.8 Å². The summed E-state index contributed by atoms with van der Waals surface area (Å²) in [4.78, 5) is 86.1. The predicted molar refractivity (Wildman–Crippen MR) is 157 cm³/mol. The van der Waals surface area contributed by atoms with Gasteiger partial charge in [0, 0.05) is 12.8 Å². The Labute approximate surface area is 253 Å². The molecule has 2 aromatic carbocycles. The quantitative estimate of drug-likeness (QED) is 0.0945. The molecule has 236 valence electrons. The zero-order valence-electron chi connectivity index (χ0n) is 24.0. The van der Waals surface area contributed by atoms with Crippen LogP contribution >= 0.6 is 0 Å². The normalized spacial score (nSPS) is 14.0. The molecule has 2 aromatic rings. The number of aliphatic carboxylic acids is 1. The van der Waals surface area contributed by atoms with E-state index >= 15 is 0 Å². The van der Waals surface area contributed by atoms with Crippen molar-refractivity contribution < 1.29 is 38.7 Å². The van der Waals surface area contributed by atoms with Crippen molar-refractivity contribution >= 4 is 41.4 Å². The standard InChI is InChI=1S/C29H37N7O8/c1-16(33-27(41)20(12-17-8-4-2-5-9-17)35-26(40)19(30)14-23(31)37)25(39)34-21(13-18-10-6-3-7-11-18)28(42)36-22(29(43)44)15-24(32)38/h2-11,16,19-22H,12-15,30H2,1H3,(H2,31,37)(H2,32,38)(H,33,41)(H,34,39)(H,35,40)(H,36,42)(H,43,44)/t16-,19-,20-,21-,22-/m0/s1. The van der Waals surface area contributed by atoms with E-state index < -0.39 is 84.5 Å². The number of rotatable bonds is 17. The number of carboxylic acids is 1. The SMILES string of the molecule is C[C@H](NC(=O)[C@H](Cc1ccccc1)NC(=O)[C@@H](N)CC(N)=O)C(=O)N[C@@H](Cc1ccccc1)C(=O)N[C@@H](CC(N)=O)C(=O)O. The van der Waals surface area contributed by atoms with E-state index in [1.54, 1.807) is 60.7 Å². The molecule has 2 rings (SSSR count). The van der Waals surface area contributed by atoms with Crippen LogP contribution in [0.4, 0.5) is 0 Å². The Kier molecular flexibility index (Phi) is 13.5. The van der Waals surface area contributed by atoms with Crippen LogP contribution in [-0.4, -0.2) is 76.7 Å². The van der Waals surface area contributed by atoms with Crippen molar-refractivity contribution in [2.24, 2.45) is 17.2 Å². The van der Waals surface area contributed by atoms with Crippen LogP contribution in [0.5, 0.6) is 0 Å². The monoisotopic (exact) mass is 611 g/mol. The molecule has 0 aliphatic carbocycles. The molecule has 0 heterocycles. The molecule has 15 heteroatoms.